The number of alkyl halides is 3. The topological polar surface area (TPSA) is 111 Å². The molecular formula is C29H28Cl3N5O4S. The second-order valence-corrected chi connectivity index (χ2v) is 13.0. The van der Waals surface area contributed by atoms with Crippen molar-refractivity contribution in [3.63, 3.8) is 0 Å². The normalized spacial score (nSPS) is 19.0. The van der Waals surface area contributed by atoms with Crippen molar-refractivity contribution in [1.82, 2.24) is 25.5 Å². The lowest BCUT2D eigenvalue weighted by Gasteiger charge is -2.36. The second-order valence-electron chi connectivity index (χ2n) is 9.75. The van der Waals surface area contributed by atoms with Gasteiger partial charge in [-0.25, -0.2) is 4.68 Å². The number of hydrogen-bond donors (Lipinski definition) is 2. The Kier molecular flexibility index (Phi) is 10.1. The number of ether oxygens (including phenoxy) is 2. The molecule has 1 saturated heterocycles. The molecule has 1 aliphatic rings. The summed E-state index contributed by atoms with van der Waals surface area (Å²) in [6, 6.07) is 23.6. The van der Waals surface area contributed by atoms with E-state index in [1.54, 1.807) is 11.7 Å². The summed E-state index contributed by atoms with van der Waals surface area (Å²) in [6.07, 6.45) is -0.235. The van der Waals surface area contributed by atoms with E-state index in [-0.39, 0.29) is 25.4 Å². The molecule has 9 nitrogen and oxygen atoms in total. The van der Waals surface area contributed by atoms with Gasteiger partial charge in [-0.2, -0.15) is 0 Å². The Labute approximate surface area is 262 Å². The van der Waals surface area contributed by atoms with Gasteiger partial charge >= 0.3 is 0 Å². The van der Waals surface area contributed by atoms with Crippen molar-refractivity contribution in [3.8, 4) is 11.1 Å². The monoisotopic (exact) mass is 647 g/mol. The van der Waals surface area contributed by atoms with Gasteiger partial charge in [0.2, 0.25) is 5.16 Å². The zero-order chi connectivity index (χ0) is 29.7. The van der Waals surface area contributed by atoms with Crippen LogP contribution in [0.5, 0.6) is 0 Å². The number of carbonyl (C=O) groups excluding carboxylic acids is 1. The zero-order valence-corrected chi connectivity index (χ0v) is 25.6. The Bertz CT molecular complexity index is 1500. The molecule has 3 aromatic carbocycles. The Hall–Kier alpha value is -2.70. The predicted octanol–water partition coefficient (Wildman–Crippen LogP) is 5.69. The molecular weight excluding hydrogens is 621 g/mol. The number of tetrazole rings is 1. The van der Waals surface area contributed by atoms with Crippen LogP contribution in [0, 0.1) is 0 Å². The quantitative estimate of drug-likeness (QED) is 0.176. The number of thioether (sulfide) groups is 1. The lowest BCUT2D eigenvalue weighted by atomic mass is 9.99. The molecule has 42 heavy (non-hydrogen) atoms. The van der Waals surface area contributed by atoms with Gasteiger partial charge in [-0.3, -0.25) is 4.79 Å². The molecule has 220 valence electrons. The van der Waals surface area contributed by atoms with Gasteiger partial charge in [0.25, 0.3) is 9.70 Å². The molecule has 0 aliphatic carbocycles. The summed E-state index contributed by atoms with van der Waals surface area (Å²) in [4.78, 5) is 11.9. The number of benzene rings is 3. The molecule has 13 heteroatoms. The van der Waals surface area contributed by atoms with Crippen LogP contribution in [0.4, 0.5) is 0 Å². The number of nitrogens with zero attached hydrogens (tertiary/aromatic N) is 4. The Balaban J connectivity index is 1.31. The summed E-state index contributed by atoms with van der Waals surface area (Å²) in [7, 11) is 1.80. The molecule has 2 heterocycles. The smallest absolute Gasteiger partial charge is 0.272 e. The van der Waals surface area contributed by atoms with Crippen molar-refractivity contribution >= 4 is 52.5 Å². The van der Waals surface area contributed by atoms with E-state index >= 15 is 0 Å². The molecule has 1 fully saturated rings. The van der Waals surface area contributed by atoms with Crippen LogP contribution in [0.3, 0.4) is 0 Å². The number of nitrogens with one attached hydrogen (secondary N) is 1. The van der Waals surface area contributed by atoms with Gasteiger partial charge in [0.15, 0.2) is 6.29 Å². The molecule has 5 rings (SSSR count). The van der Waals surface area contributed by atoms with Gasteiger partial charge in [-0.1, -0.05) is 113 Å². The van der Waals surface area contributed by atoms with Crippen LogP contribution in [0.2, 0.25) is 0 Å². The second kappa shape index (κ2) is 13.7. The maximum absolute atomic E-state index is 11.9. The highest BCUT2D eigenvalue weighted by atomic mass is 35.6. The summed E-state index contributed by atoms with van der Waals surface area (Å²) in [5.41, 5.74) is 5.58. The van der Waals surface area contributed by atoms with Crippen LogP contribution >= 0.6 is 46.6 Å². The lowest BCUT2D eigenvalue weighted by Crippen LogP contribution is -2.33. The minimum Gasteiger partial charge on any atom is -0.392 e. The fraction of sp³-hybridized carbons (Fsp3) is 0.310. The number of aliphatic hydroxyl groups excluding tert-OH is 1. The van der Waals surface area contributed by atoms with Crippen LogP contribution in [0.1, 0.15) is 41.1 Å². The predicted molar refractivity (Wildman–Crippen MR) is 162 cm³/mol. The maximum Gasteiger partial charge on any atom is 0.272 e. The van der Waals surface area contributed by atoms with Crippen LogP contribution in [0.25, 0.3) is 11.1 Å². The summed E-state index contributed by atoms with van der Waals surface area (Å²) in [5, 5.41) is 24.5. The lowest BCUT2D eigenvalue weighted by molar-refractivity contribution is -0.245. The Morgan fingerprint density at radius 1 is 1.02 bits per heavy atom. The molecule has 1 aromatic heterocycles. The molecule has 4 aromatic rings. The molecule has 0 unspecified atom stereocenters. The fourth-order valence-corrected chi connectivity index (χ4v) is 5.58. The van der Waals surface area contributed by atoms with Crippen molar-refractivity contribution in [2.45, 2.75) is 47.0 Å². The van der Waals surface area contributed by atoms with Crippen LogP contribution in [0.15, 0.2) is 78.0 Å². The first-order valence-electron chi connectivity index (χ1n) is 13.1. The molecule has 1 aliphatic heterocycles. The first-order chi connectivity index (χ1) is 20.2. The molecule has 2 N–H and O–H groups in total. The van der Waals surface area contributed by atoms with Gasteiger partial charge in [-0.05, 0) is 44.3 Å². The summed E-state index contributed by atoms with van der Waals surface area (Å²) in [6.45, 7) is 0.217. The third kappa shape index (κ3) is 7.82. The highest BCUT2D eigenvalue weighted by molar-refractivity contribution is 7.99. The van der Waals surface area contributed by atoms with E-state index in [4.69, 9.17) is 44.3 Å². The minimum absolute atomic E-state index is 0.0125. The molecule has 0 spiro atoms. The average molecular weight is 649 g/mol. The number of amides is 1. The number of carbonyl (C=O) groups is 1. The summed E-state index contributed by atoms with van der Waals surface area (Å²) >= 11 is 18.5. The van der Waals surface area contributed by atoms with Crippen molar-refractivity contribution in [2.75, 3.05) is 5.75 Å². The van der Waals surface area contributed by atoms with E-state index < -0.39 is 16.0 Å². The number of rotatable bonds is 9. The standard InChI is InChI=1S/C29H28Cl3N5O4S/c1-37-28(34-35-36-37)42-17-24-14-25(21-7-5-18(16-38)6-8-21)41-26(40-24)22-11-9-20(10-12-22)23-4-2-3-19(13-23)15-33-27(39)29(30,31)32/h2-13,24-26,38H,14-17H2,1H3,(H,33,39)/t24-,25+,26+/m1/s1. The van der Waals surface area contributed by atoms with Crippen LogP contribution in [-0.2, 0) is 34.5 Å². The van der Waals surface area contributed by atoms with E-state index in [0.717, 1.165) is 33.4 Å². The van der Waals surface area contributed by atoms with Crippen molar-refractivity contribution in [1.29, 1.82) is 0 Å². The largest absolute Gasteiger partial charge is 0.392 e. The molecule has 0 saturated carbocycles. The van der Waals surface area contributed by atoms with Gasteiger partial charge in [0.1, 0.15) is 0 Å². The van der Waals surface area contributed by atoms with E-state index in [2.05, 4.69) is 20.8 Å². The SMILES string of the molecule is Cn1nnnc1SC[C@H]1C[C@@H](c2ccc(CO)cc2)O[C@@H](c2ccc(-c3cccc(CNC(=O)C(Cl)(Cl)Cl)c3)cc2)O1. The number of halogens is 3. The van der Waals surface area contributed by atoms with Crippen LogP contribution in [-0.4, -0.2) is 46.9 Å². The summed E-state index contributed by atoms with van der Waals surface area (Å²) < 4.78 is 12.5. The molecule has 3 atom stereocenters. The third-order valence-electron chi connectivity index (χ3n) is 6.75. The Morgan fingerprint density at radius 3 is 2.43 bits per heavy atom. The van der Waals surface area contributed by atoms with E-state index in [0.29, 0.717) is 17.3 Å². The third-order valence-corrected chi connectivity index (χ3v) is 8.41. The van der Waals surface area contributed by atoms with Gasteiger partial charge in [0.05, 0.1) is 18.8 Å². The minimum atomic E-state index is -2.01. The zero-order valence-electron chi connectivity index (χ0n) is 22.5. The van der Waals surface area contributed by atoms with E-state index in [1.807, 2.05) is 72.8 Å². The van der Waals surface area contributed by atoms with E-state index in [1.165, 1.54) is 11.8 Å². The average Bonchev–Trinajstić information content (AvgIpc) is 3.42. The molecule has 0 bridgehead atoms. The van der Waals surface area contributed by atoms with Crippen molar-refractivity contribution in [2.24, 2.45) is 7.05 Å². The van der Waals surface area contributed by atoms with Crippen molar-refractivity contribution < 1.29 is 19.4 Å². The van der Waals surface area contributed by atoms with Gasteiger partial charge < -0.3 is 19.9 Å². The number of aryl methyl sites for hydroxylation is 1. The number of aliphatic hydroxyl groups is 1. The van der Waals surface area contributed by atoms with Crippen molar-refractivity contribution in [3.05, 3.63) is 95.1 Å². The summed E-state index contributed by atoms with van der Waals surface area (Å²) in [5.74, 6) is -0.0266. The Morgan fingerprint density at radius 2 is 1.76 bits per heavy atom. The highest BCUT2D eigenvalue weighted by Gasteiger charge is 2.33. The number of hydrogen-bond acceptors (Lipinski definition) is 8. The maximum atomic E-state index is 11.9. The first-order valence-corrected chi connectivity index (χ1v) is 15.2. The van der Waals surface area contributed by atoms with E-state index in [9.17, 15) is 9.90 Å². The first kappa shape index (κ1) is 30.7. The highest BCUT2D eigenvalue weighted by Crippen LogP contribution is 2.39. The van der Waals surface area contributed by atoms with Crippen LogP contribution < -0.4 is 5.32 Å². The molecule has 0 radical (unpaired) electrons. The molecule has 1 amide bonds. The fourth-order valence-electron chi connectivity index (χ4n) is 4.51. The number of aromatic nitrogens is 4. The van der Waals surface area contributed by atoms with Gasteiger partial charge in [0, 0.05) is 31.3 Å². The van der Waals surface area contributed by atoms with Gasteiger partial charge in [-0.15, -0.1) is 5.10 Å².